The summed E-state index contributed by atoms with van der Waals surface area (Å²) < 4.78 is 0. The van der Waals surface area contributed by atoms with Gasteiger partial charge in [-0.05, 0) is 37.5 Å². The maximum absolute atomic E-state index is 9.90. The third-order valence-electron chi connectivity index (χ3n) is 3.08. The molecular weight excluding hydrogens is 202 g/mol. The molecule has 84 valence electrons. The molecule has 4 N–H and O–H groups in total. The van der Waals surface area contributed by atoms with Crippen LogP contribution in [-0.2, 0) is 0 Å². The van der Waals surface area contributed by atoms with Crippen LogP contribution in [0.5, 0.6) is 0 Å². The molecule has 0 radical (unpaired) electrons. The largest absolute Gasteiger partial charge is 0.398 e. The molecule has 1 fully saturated rings. The molecule has 0 unspecified atom stereocenters. The summed E-state index contributed by atoms with van der Waals surface area (Å²) in [4.78, 5) is 0. The molecule has 2 rings (SSSR count). The number of hydrogen-bond donors (Lipinski definition) is 3. The van der Waals surface area contributed by atoms with Crippen LogP contribution in [0.25, 0.3) is 0 Å². The van der Waals surface area contributed by atoms with E-state index >= 15 is 0 Å². The molecule has 0 saturated heterocycles. The van der Waals surface area contributed by atoms with Gasteiger partial charge in [0.15, 0.2) is 0 Å². The van der Waals surface area contributed by atoms with E-state index < -0.39 is 5.60 Å². The monoisotopic (exact) mass is 217 g/mol. The topological polar surface area (TPSA) is 82.1 Å². The molecule has 1 aliphatic carbocycles. The molecule has 0 amide bonds. The minimum absolute atomic E-state index is 0.464. The fraction of sp³-hybridized carbons (Fsp3) is 0.417. The van der Waals surface area contributed by atoms with Gasteiger partial charge in [-0.2, -0.15) is 5.26 Å². The number of rotatable bonds is 3. The predicted octanol–water partition coefficient (Wildman–Crippen LogP) is 1.47. The number of aliphatic hydroxyl groups is 1. The summed E-state index contributed by atoms with van der Waals surface area (Å²) >= 11 is 0. The summed E-state index contributed by atoms with van der Waals surface area (Å²) in [6.07, 6.45) is 2.78. The van der Waals surface area contributed by atoms with Crippen molar-refractivity contribution in [3.63, 3.8) is 0 Å². The van der Waals surface area contributed by atoms with Crippen molar-refractivity contribution in [2.24, 2.45) is 0 Å². The average Bonchev–Trinajstić information content (AvgIpc) is 2.25. The lowest BCUT2D eigenvalue weighted by atomic mass is 9.80. The Morgan fingerprint density at radius 1 is 1.50 bits per heavy atom. The SMILES string of the molecule is N#Cc1cc(NCC2(O)CCC2)ccc1N. The number of nitriles is 1. The molecule has 0 bridgehead atoms. The number of hydrogen-bond acceptors (Lipinski definition) is 4. The summed E-state index contributed by atoms with van der Waals surface area (Å²) in [5, 5.41) is 21.9. The number of benzene rings is 1. The van der Waals surface area contributed by atoms with Gasteiger partial charge < -0.3 is 16.2 Å². The average molecular weight is 217 g/mol. The molecule has 0 spiro atoms. The maximum atomic E-state index is 9.90. The lowest BCUT2D eigenvalue weighted by Gasteiger charge is -2.36. The highest BCUT2D eigenvalue weighted by Gasteiger charge is 2.33. The van der Waals surface area contributed by atoms with Crippen LogP contribution in [0.15, 0.2) is 18.2 Å². The minimum atomic E-state index is -0.561. The van der Waals surface area contributed by atoms with Crippen molar-refractivity contribution >= 4 is 11.4 Å². The third-order valence-corrected chi connectivity index (χ3v) is 3.08. The van der Waals surface area contributed by atoms with E-state index in [9.17, 15) is 5.11 Å². The van der Waals surface area contributed by atoms with Crippen LogP contribution in [0.2, 0.25) is 0 Å². The molecule has 1 aromatic rings. The summed E-state index contributed by atoms with van der Waals surface area (Å²) in [5.74, 6) is 0. The molecule has 4 heteroatoms. The molecule has 0 aromatic heterocycles. The Morgan fingerprint density at radius 3 is 2.81 bits per heavy atom. The van der Waals surface area contributed by atoms with Crippen LogP contribution in [-0.4, -0.2) is 17.3 Å². The highest BCUT2D eigenvalue weighted by molar-refractivity contribution is 5.61. The van der Waals surface area contributed by atoms with Gasteiger partial charge in [0.2, 0.25) is 0 Å². The molecular formula is C12H15N3O. The Kier molecular flexibility index (Phi) is 2.71. The maximum Gasteiger partial charge on any atom is 0.101 e. The number of nitrogens with one attached hydrogen (secondary N) is 1. The predicted molar refractivity (Wildman–Crippen MR) is 62.9 cm³/mol. The van der Waals surface area contributed by atoms with Gasteiger partial charge in [-0.25, -0.2) is 0 Å². The fourth-order valence-corrected chi connectivity index (χ4v) is 1.79. The first-order chi connectivity index (χ1) is 7.63. The minimum Gasteiger partial charge on any atom is -0.398 e. The van der Waals surface area contributed by atoms with E-state index in [4.69, 9.17) is 11.0 Å². The van der Waals surface area contributed by atoms with Crippen molar-refractivity contribution < 1.29 is 5.11 Å². The number of nitrogens with two attached hydrogens (primary N) is 1. The Morgan fingerprint density at radius 2 is 2.25 bits per heavy atom. The number of nitrogens with zero attached hydrogens (tertiary/aromatic N) is 1. The van der Waals surface area contributed by atoms with Crippen molar-refractivity contribution in [3.8, 4) is 6.07 Å². The van der Waals surface area contributed by atoms with Crippen LogP contribution < -0.4 is 11.1 Å². The number of nitrogen functional groups attached to an aromatic ring is 1. The smallest absolute Gasteiger partial charge is 0.101 e. The van der Waals surface area contributed by atoms with Crippen molar-refractivity contribution in [1.82, 2.24) is 0 Å². The lowest BCUT2D eigenvalue weighted by Crippen LogP contribution is -2.43. The molecule has 0 atom stereocenters. The summed E-state index contributed by atoms with van der Waals surface area (Å²) in [7, 11) is 0. The molecule has 16 heavy (non-hydrogen) atoms. The van der Waals surface area contributed by atoms with E-state index in [1.165, 1.54) is 0 Å². The van der Waals surface area contributed by atoms with Gasteiger partial charge in [-0.1, -0.05) is 0 Å². The second-order valence-corrected chi connectivity index (χ2v) is 4.35. The van der Waals surface area contributed by atoms with Gasteiger partial charge in [-0.15, -0.1) is 0 Å². The van der Waals surface area contributed by atoms with Crippen molar-refractivity contribution in [2.45, 2.75) is 24.9 Å². The highest BCUT2D eigenvalue weighted by Crippen LogP contribution is 2.31. The Labute approximate surface area is 94.7 Å². The highest BCUT2D eigenvalue weighted by atomic mass is 16.3. The zero-order valence-electron chi connectivity index (χ0n) is 9.03. The van der Waals surface area contributed by atoms with Crippen molar-refractivity contribution in [1.29, 1.82) is 5.26 Å². The molecule has 1 saturated carbocycles. The van der Waals surface area contributed by atoms with Crippen molar-refractivity contribution in [3.05, 3.63) is 23.8 Å². The van der Waals surface area contributed by atoms with Gasteiger partial charge in [0.25, 0.3) is 0 Å². The fourth-order valence-electron chi connectivity index (χ4n) is 1.79. The van der Waals surface area contributed by atoms with Gasteiger partial charge >= 0.3 is 0 Å². The van der Waals surface area contributed by atoms with Gasteiger partial charge in [-0.3, -0.25) is 0 Å². The molecule has 4 nitrogen and oxygen atoms in total. The van der Waals surface area contributed by atoms with Crippen LogP contribution in [0, 0.1) is 11.3 Å². The van der Waals surface area contributed by atoms with E-state index in [-0.39, 0.29) is 0 Å². The van der Waals surface area contributed by atoms with E-state index in [1.54, 1.807) is 12.1 Å². The van der Waals surface area contributed by atoms with Crippen LogP contribution >= 0.6 is 0 Å². The molecule has 1 aromatic carbocycles. The normalized spacial score (nSPS) is 17.2. The molecule has 0 aliphatic heterocycles. The quantitative estimate of drug-likeness (QED) is 0.669. The van der Waals surface area contributed by atoms with E-state index in [0.717, 1.165) is 24.9 Å². The first-order valence-corrected chi connectivity index (χ1v) is 5.39. The van der Waals surface area contributed by atoms with E-state index in [0.29, 0.717) is 17.8 Å². The summed E-state index contributed by atoms with van der Waals surface area (Å²) in [5.41, 5.74) is 6.83. The standard InChI is InChI=1S/C12H15N3O/c13-7-9-6-10(2-3-11(9)14)15-8-12(16)4-1-5-12/h2-3,6,15-16H,1,4-5,8,14H2. The first-order valence-electron chi connectivity index (χ1n) is 5.39. The lowest BCUT2D eigenvalue weighted by molar-refractivity contribution is -0.0201. The van der Waals surface area contributed by atoms with Crippen LogP contribution in [0.3, 0.4) is 0 Å². The second kappa shape index (κ2) is 4.03. The Balaban J connectivity index is 2.02. The van der Waals surface area contributed by atoms with Gasteiger partial charge in [0.1, 0.15) is 6.07 Å². The summed E-state index contributed by atoms with van der Waals surface area (Å²) in [6, 6.07) is 7.26. The van der Waals surface area contributed by atoms with Crippen molar-refractivity contribution in [2.75, 3.05) is 17.6 Å². The number of anilines is 2. The molecule has 1 aliphatic rings. The van der Waals surface area contributed by atoms with Gasteiger partial charge in [0.05, 0.1) is 11.2 Å². The zero-order valence-corrected chi connectivity index (χ0v) is 9.03. The third kappa shape index (κ3) is 2.10. The Bertz CT molecular complexity index is 432. The summed E-state index contributed by atoms with van der Waals surface area (Å²) in [6.45, 7) is 0.530. The van der Waals surface area contributed by atoms with Crippen LogP contribution in [0.1, 0.15) is 24.8 Å². The second-order valence-electron chi connectivity index (χ2n) is 4.35. The first kappa shape index (κ1) is 10.8. The molecule has 0 heterocycles. The zero-order chi connectivity index (χ0) is 11.6. The van der Waals surface area contributed by atoms with Gasteiger partial charge in [0, 0.05) is 17.9 Å². The van der Waals surface area contributed by atoms with E-state index in [2.05, 4.69) is 5.32 Å². The van der Waals surface area contributed by atoms with Crippen LogP contribution in [0.4, 0.5) is 11.4 Å². The van der Waals surface area contributed by atoms with E-state index in [1.807, 2.05) is 12.1 Å². The Hall–Kier alpha value is -1.73.